The van der Waals surface area contributed by atoms with Gasteiger partial charge in [0.05, 0.1) is 18.4 Å². The smallest absolute Gasteiger partial charge is 0.416 e. The van der Waals surface area contributed by atoms with E-state index in [4.69, 9.17) is 4.42 Å². The lowest BCUT2D eigenvalue weighted by Crippen LogP contribution is -2.41. The van der Waals surface area contributed by atoms with E-state index in [9.17, 15) is 18.0 Å². The molecule has 0 radical (unpaired) electrons. The lowest BCUT2D eigenvalue weighted by molar-refractivity contribution is -0.137. The molecule has 3 aromatic rings. The molecule has 4 nitrogen and oxygen atoms in total. The molecule has 2 heterocycles. The first kappa shape index (κ1) is 21.3. The van der Waals surface area contributed by atoms with Crippen LogP contribution in [0.3, 0.4) is 0 Å². The maximum atomic E-state index is 13.2. The van der Waals surface area contributed by atoms with Crippen molar-refractivity contribution in [3.05, 3.63) is 83.6 Å². The number of alkyl halides is 3. The van der Waals surface area contributed by atoms with Crippen LogP contribution in [-0.2, 0) is 19.3 Å². The Morgan fingerprint density at radius 1 is 1.06 bits per heavy atom. The standard InChI is InChI=1S/C24H25F3N2O2/c25-24(26,27)19-8-4-7-18(15-19)16-28-13-5-11-21(28)17-29(20-9-2-1-3-10-20)23(30)22-12-6-14-31-22/h4-8,11-15,20H,1-3,9-10,16-17H2. The summed E-state index contributed by atoms with van der Waals surface area (Å²) in [5.74, 6) is 0.158. The molecular formula is C24H25F3N2O2. The van der Waals surface area contributed by atoms with Crippen LogP contribution in [0.4, 0.5) is 13.2 Å². The van der Waals surface area contributed by atoms with Crippen molar-refractivity contribution in [2.24, 2.45) is 0 Å². The fourth-order valence-corrected chi connectivity index (χ4v) is 4.27. The van der Waals surface area contributed by atoms with Gasteiger partial charge in [0, 0.05) is 24.5 Å². The average molecular weight is 430 g/mol. The molecule has 0 unspecified atom stereocenters. The minimum atomic E-state index is -4.37. The summed E-state index contributed by atoms with van der Waals surface area (Å²) in [7, 11) is 0. The minimum absolute atomic E-state index is 0.128. The van der Waals surface area contributed by atoms with Gasteiger partial charge in [0.2, 0.25) is 0 Å². The van der Waals surface area contributed by atoms with E-state index in [0.717, 1.165) is 37.4 Å². The first-order valence-electron chi connectivity index (χ1n) is 10.6. The zero-order chi connectivity index (χ0) is 21.8. The first-order chi connectivity index (χ1) is 14.9. The molecule has 1 amide bonds. The fourth-order valence-electron chi connectivity index (χ4n) is 4.27. The number of hydrogen-bond acceptors (Lipinski definition) is 2. The Morgan fingerprint density at radius 3 is 2.58 bits per heavy atom. The van der Waals surface area contributed by atoms with Crippen LogP contribution >= 0.6 is 0 Å². The fraction of sp³-hybridized carbons (Fsp3) is 0.375. The monoisotopic (exact) mass is 430 g/mol. The zero-order valence-corrected chi connectivity index (χ0v) is 17.1. The summed E-state index contributed by atoms with van der Waals surface area (Å²) in [5, 5.41) is 0. The highest BCUT2D eigenvalue weighted by Crippen LogP contribution is 2.30. The normalized spacial score (nSPS) is 15.2. The van der Waals surface area contributed by atoms with Gasteiger partial charge in [-0.1, -0.05) is 31.4 Å². The van der Waals surface area contributed by atoms with E-state index in [1.165, 1.54) is 24.8 Å². The molecule has 1 aliphatic rings. The molecule has 2 aromatic heterocycles. The summed E-state index contributed by atoms with van der Waals surface area (Å²) in [6, 6.07) is 12.6. The number of amides is 1. The van der Waals surface area contributed by atoms with Crippen LogP contribution in [0.2, 0.25) is 0 Å². The quantitative estimate of drug-likeness (QED) is 0.472. The van der Waals surface area contributed by atoms with E-state index in [0.29, 0.717) is 24.4 Å². The summed E-state index contributed by atoms with van der Waals surface area (Å²) < 4.78 is 46.5. The van der Waals surface area contributed by atoms with Gasteiger partial charge < -0.3 is 13.9 Å². The van der Waals surface area contributed by atoms with Gasteiger partial charge in [0.25, 0.3) is 5.91 Å². The van der Waals surface area contributed by atoms with Crippen LogP contribution in [-0.4, -0.2) is 21.4 Å². The molecular weight excluding hydrogens is 405 g/mol. The summed E-state index contributed by atoms with van der Waals surface area (Å²) in [5.41, 5.74) is 0.785. The second-order valence-electron chi connectivity index (χ2n) is 8.03. The number of halogens is 3. The SMILES string of the molecule is O=C(c1ccco1)N(Cc1cccn1Cc1cccc(C(F)(F)F)c1)C1CCCCC1. The highest BCUT2D eigenvalue weighted by atomic mass is 19.4. The van der Waals surface area contributed by atoms with Crippen LogP contribution in [0.15, 0.2) is 65.4 Å². The maximum Gasteiger partial charge on any atom is 0.416 e. The van der Waals surface area contributed by atoms with Gasteiger partial charge in [0.15, 0.2) is 5.76 Å². The Hall–Kier alpha value is -2.96. The number of carbonyl (C=O) groups is 1. The summed E-state index contributed by atoms with van der Waals surface area (Å²) in [4.78, 5) is 15.0. The molecule has 1 saturated carbocycles. The third kappa shape index (κ3) is 5.03. The number of nitrogens with zero attached hydrogens (tertiary/aromatic N) is 2. The number of carbonyl (C=O) groups excluding carboxylic acids is 1. The molecule has 0 aliphatic heterocycles. The molecule has 7 heteroatoms. The number of rotatable bonds is 6. The number of benzene rings is 1. The molecule has 0 saturated heterocycles. The third-order valence-electron chi connectivity index (χ3n) is 5.87. The van der Waals surface area contributed by atoms with Crippen molar-refractivity contribution in [3.63, 3.8) is 0 Å². The van der Waals surface area contributed by atoms with Crippen molar-refractivity contribution in [3.8, 4) is 0 Å². The third-order valence-corrected chi connectivity index (χ3v) is 5.87. The number of aromatic nitrogens is 1. The summed E-state index contributed by atoms with van der Waals surface area (Å²) in [6.45, 7) is 0.690. The molecule has 0 bridgehead atoms. The van der Waals surface area contributed by atoms with Gasteiger partial charge in [-0.15, -0.1) is 0 Å². The van der Waals surface area contributed by atoms with Crippen molar-refractivity contribution in [2.75, 3.05) is 0 Å². The molecule has 1 fully saturated rings. The Balaban J connectivity index is 1.56. The molecule has 164 valence electrons. The molecule has 0 N–H and O–H groups in total. The highest BCUT2D eigenvalue weighted by Gasteiger charge is 2.31. The van der Waals surface area contributed by atoms with Gasteiger partial charge >= 0.3 is 6.18 Å². The predicted molar refractivity (Wildman–Crippen MR) is 110 cm³/mol. The second-order valence-corrected chi connectivity index (χ2v) is 8.03. The number of hydrogen-bond donors (Lipinski definition) is 0. The van der Waals surface area contributed by atoms with E-state index >= 15 is 0 Å². The highest BCUT2D eigenvalue weighted by molar-refractivity contribution is 5.91. The van der Waals surface area contributed by atoms with Gasteiger partial charge in [-0.05, 0) is 54.8 Å². The Labute approximate surface area is 179 Å². The van der Waals surface area contributed by atoms with E-state index in [-0.39, 0.29) is 11.9 Å². The zero-order valence-electron chi connectivity index (χ0n) is 17.1. The Morgan fingerprint density at radius 2 is 1.87 bits per heavy atom. The molecule has 0 spiro atoms. The first-order valence-corrected chi connectivity index (χ1v) is 10.6. The molecule has 31 heavy (non-hydrogen) atoms. The maximum absolute atomic E-state index is 13.2. The lowest BCUT2D eigenvalue weighted by Gasteiger charge is -2.34. The van der Waals surface area contributed by atoms with Crippen molar-refractivity contribution >= 4 is 5.91 Å². The van der Waals surface area contributed by atoms with Gasteiger partial charge in [-0.25, -0.2) is 0 Å². The van der Waals surface area contributed by atoms with Crippen molar-refractivity contribution in [1.29, 1.82) is 0 Å². The van der Waals surface area contributed by atoms with Gasteiger partial charge in [-0.3, -0.25) is 4.79 Å². The van der Waals surface area contributed by atoms with E-state index in [1.807, 2.05) is 27.8 Å². The second kappa shape index (κ2) is 9.04. The van der Waals surface area contributed by atoms with Crippen LogP contribution < -0.4 is 0 Å². The van der Waals surface area contributed by atoms with Crippen molar-refractivity contribution in [1.82, 2.24) is 9.47 Å². The van der Waals surface area contributed by atoms with E-state index in [1.54, 1.807) is 18.2 Å². The summed E-state index contributed by atoms with van der Waals surface area (Å²) in [6.07, 6.45) is 4.18. The van der Waals surface area contributed by atoms with E-state index < -0.39 is 11.7 Å². The lowest BCUT2D eigenvalue weighted by atomic mass is 9.94. The molecule has 4 rings (SSSR count). The van der Waals surface area contributed by atoms with Crippen molar-refractivity contribution < 1.29 is 22.4 Å². The number of furan rings is 1. The Bertz CT molecular complexity index is 1000. The van der Waals surface area contributed by atoms with Gasteiger partial charge in [-0.2, -0.15) is 13.2 Å². The molecule has 0 atom stereocenters. The van der Waals surface area contributed by atoms with Gasteiger partial charge in [0.1, 0.15) is 0 Å². The van der Waals surface area contributed by atoms with Crippen molar-refractivity contribution in [2.45, 2.75) is 57.4 Å². The topological polar surface area (TPSA) is 38.4 Å². The van der Waals surface area contributed by atoms with E-state index in [2.05, 4.69) is 0 Å². The molecule has 1 aromatic carbocycles. The van der Waals surface area contributed by atoms with Crippen LogP contribution in [0, 0.1) is 0 Å². The average Bonchev–Trinajstić information content (AvgIpc) is 3.44. The molecule has 1 aliphatic carbocycles. The summed E-state index contributed by atoms with van der Waals surface area (Å²) >= 11 is 0. The van der Waals surface area contributed by atoms with Crippen LogP contribution in [0.5, 0.6) is 0 Å². The minimum Gasteiger partial charge on any atom is -0.459 e. The Kier molecular flexibility index (Phi) is 6.20. The predicted octanol–water partition coefficient (Wildman–Crippen LogP) is 6.12. The van der Waals surface area contributed by atoms with Crippen LogP contribution in [0.25, 0.3) is 0 Å². The largest absolute Gasteiger partial charge is 0.459 e. The van der Waals surface area contributed by atoms with Crippen LogP contribution in [0.1, 0.15) is 59.5 Å².